The van der Waals surface area contributed by atoms with Crippen molar-refractivity contribution in [1.29, 1.82) is 0 Å². The summed E-state index contributed by atoms with van der Waals surface area (Å²) in [6, 6.07) is 0. The Balaban J connectivity index is 1.36. The Kier molecular flexibility index (Phi) is 22.3. The summed E-state index contributed by atoms with van der Waals surface area (Å²) >= 11 is 1.41. The molecule has 0 radical (unpaired) electrons. The van der Waals surface area contributed by atoms with Gasteiger partial charge in [-0.2, -0.15) is 0 Å². The van der Waals surface area contributed by atoms with Crippen molar-refractivity contribution in [2.75, 3.05) is 71.4 Å². The highest BCUT2D eigenvalue weighted by molar-refractivity contribution is 8.00. The van der Waals surface area contributed by atoms with E-state index < -0.39 is 5.25 Å². The van der Waals surface area contributed by atoms with E-state index in [-0.39, 0.29) is 47.4 Å². The number of ketones is 3. The van der Waals surface area contributed by atoms with Crippen molar-refractivity contribution < 1.29 is 33.4 Å². The maximum Gasteiger partial charge on any atom is 0.242 e. The molecule has 2 aliphatic rings. The molecule has 0 aromatic rings. The number of imide groups is 1. The molecule has 2 amide bonds. The fourth-order valence-corrected chi connectivity index (χ4v) is 7.03. The molecular formula is C34H60N4O7S. The van der Waals surface area contributed by atoms with Crippen molar-refractivity contribution in [2.24, 2.45) is 17.6 Å². The van der Waals surface area contributed by atoms with Gasteiger partial charge in [0.2, 0.25) is 11.8 Å². The first-order valence-corrected chi connectivity index (χ1v) is 18.6. The first kappa shape index (κ1) is 40.5. The zero-order valence-electron chi connectivity index (χ0n) is 28.2. The molecule has 1 heterocycles. The lowest BCUT2D eigenvalue weighted by Gasteiger charge is -2.29. The predicted octanol–water partition coefficient (Wildman–Crippen LogP) is 3.06. The molecule has 1 aliphatic carbocycles. The number of hydrogen-bond donors (Lipinski definition) is 3. The molecule has 0 bridgehead atoms. The Morgan fingerprint density at radius 3 is 2.11 bits per heavy atom. The Bertz CT molecular complexity index is 914. The number of thioether (sulfide) groups is 1. The Morgan fingerprint density at radius 2 is 1.41 bits per heavy atom. The van der Waals surface area contributed by atoms with E-state index in [9.17, 15) is 24.0 Å². The van der Waals surface area contributed by atoms with Crippen molar-refractivity contribution >= 4 is 40.9 Å². The number of rotatable bonds is 29. The van der Waals surface area contributed by atoms with Gasteiger partial charge in [0.15, 0.2) is 0 Å². The van der Waals surface area contributed by atoms with Crippen LogP contribution in [0.2, 0.25) is 0 Å². The second-order valence-corrected chi connectivity index (χ2v) is 13.9. The van der Waals surface area contributed by atoms with Gasteiger partial charge in [-0.05, 0) is 83.8 Å². The van der Waals surface area contributed by atoms with E-state index in [1.54, 1.807) is 6.92 Å². The molecule has 0 spiro atoms. The maximum absolute atomic E-state index is 12.8. The molecular weight excluding hydrogens is 608 g/mol. The van der Waals surface area contributed by atoms with Gasteiger partial charge in [0.25, 0.3) is 0 Å². The van der Waals surface area contributed by atoms with Crippen LogP contribution in [0.5, 0.6) is 0 Å². The largest absolute Gasteiger partial charge is 0.379 e. The Labute approximate surface area is 280 Å². The van der Waals surface area contributed by atoms with Gasteiger partial charge >= 0.3 is 0 Å². The SMILES string of the molecule is CC(=O)C1CCC(CN2C(=O)CC(SCCC(=O)CCCOCCOCCC(=O)CCCNCCCCCNCCN)C2=O)CC1. The smallest absolute Gasteiger partial charge is 0.242 e. The molecule has 4 N–H and O–H groups in total. The number of Topliss-reactive ketones (excluding diaryl/α,β-unsaturated/α-hetero) is 3. The topological polar surface area (TPSA) is 157 Å². The summed E-state index contributed by atoms with van der Waals surface area (Å²) in [5.74, 6) is 1.25. The van der Waals surface area contributed by atoms with Crippen molar-refractivity contribution in [3.8, 4) is 0 Å². The summed E-state index contributed by atoms with van der Waals surface area (Å²) in [5, 5.41) is 6.29. The molecule has 264 valence electrons. The van der Waals surface area contributed by atoms with Gasteiger partial charge in [-0.3, -0.25) is 28.9 Å². The quantitative estimate of drug-likeness (QED) is 0.0795. The van der Waals surface area contributed by atoms with Gasteiger partial charge in [-0.1, -0.05) is 6.42 Å². The van der Waals surface area contributed by atoms with Crippen LogP contribution in [-0.2, 0) is 33.4 Å². The molecule has 2 rings (SSSR count). The molecule has 46 heavy (non-hydrogen) atoms. The second-order valence-electron chi connectivity index (χ2n) is 12.6. The Hall–Kier alpha value is -1.70. The van der Waals surface area contributed by atoms with E-state index in [0.717, 1.165) is 71.1 Å². The summed E-state index contributed by atoms with van der Waals surface area (Å²) in [6.07, 6.45) is 10.4. The zero-order chi connectivity index (χ0) is 33.4. The normalized spacial score (nSPS) is 20.0. The standard InChI is InChI=1S/C34H60N4O7S/c1-27(39)29-11-9-28(10-12-29)26-38-33(42)25-32(34(38)43)46-24-14-31(41)8-6-20-44-22-23-45-21-13-30(40)7-5-18-36-16-3-2-4-17-37-19-15-35/h28-29,32,36-37H,2-26,35H2,1H3. The van der Waals surface area contributed by atoms with Gasteiger partial charge in [0, 0.05) is 70.0 Å². The van der Waals surface area contributed by atoms with Crippen LogP contribution in [0.4, 0.5) is 0 Å². The minimum absolute atomic E-state index is 0.122. The van der Waals surface area contributed by atoms with Crippen LogP contribution >= 0.6 is 11.8 Å². The van der Waals surface area contributed by atoms with E-state index in [1.165, 1.54) is 23.1 Å². The molecule has 1 unspecified atom stereocenters. The van der Waals surface area contributed by atoms with Crippen molar-refractivity contribution in [3.63, 3.8) is 0 Å². The van der Waals surface area contributed by atoms with E-state index >= 15 is 0 Å². The molecule has 1 aliphatic heterocycles. The fraction of sp³-hybridized carbons (Fsp3) is 0.853. The third-order valence-electron chi connectivity index (χ3n) is 8.74. The lowest BCUT2D eigenvalue weighted by atomic mass is 9.80. The third kappa shape index (κ3) is 18.0. The van der Waals surface area contributed by atoms with Gasteiger partial charge in [0.05, 0.1) is 25.1 Å². The van der Waals surface area contributed by atoms with Crippen molar-refractivity contribution in [3.05, 3.63) is 0 Å². The monoisotopic (exact) mass is 668 g/mol. The van der Waals surface area contributed by atoms with Crippen LogP contribution in [0.25, 0.3) is 0 Å². The van der Waals surface area contributed by atoms with Gasteiger partial charge in [-0.25, -0.2) is 0 Å². The number of nitrogens with one attached hydrogen (secondary N) is 2. The van der Waals surface area contributed by atoms with Gasteiger partial charge in [-0.15, -0.1) is 11.8 Å². The van der Waals surface area contributed by atoms with E-state index in [4.69, 9.17) is 15.2 Å². The maximum atomic E-state index is 12.8. The molecule has 1 atom stereocenters. The van der Waals surface area contributed by atoms with Crippen LogP contribution in [0.1, 0.15) is 96.8 Å². The molecule has 11 nitrogen and oxygen atoms in total. The summed E-state index contributed by atoms with van der Waals surface area (Å²) in [5.41, 5.74) is 5.44. The number of carbonyl (C=O) groups excluding carboxylic acids is 5. The molecule has 12 heteroatoms. The van der Waals surface area contributed by atoms with Crippen LogP contribution < -0.4 is 16.4 Å². The molecule has 0 aromatic heterocycles. The number of nitrogens with two attached hydrogens (primary N) is 1. The zero-order valence-corrected chi connectivity index (χ0v) is 29.0. The summed E-state index contributed by atoms with van der Waals surface area (Å²) in [6.45, 7) is 8.24. The molecule has 0 aromatic carbocycles. The fourth-order valence-electron chi connectivity index (χ4n) is 5.87. The number of amides is 2. The Morgan fingerprint density at radius 1 is 0.783 bits per heavy atom. The number of nitrogens with zero attached hydrogens (tertiary/aromatic N) is 1. The van der Waals surface area contributed by atoms with E-state index in [2.05, 4.69) is 10.6 Å². The first-order chi connectivity index (χ1) is 22.3. The molecule has 2 fully saturated rings. The minimum Gasteiger partial charge on any atom is -0.379 e. The second kappa shape index (κ2) is 25.3. The van der Waals surface area contributed by atoms with E-state index in [1.807, 2.05) is 0 Å². The summed E-state index contributed by atoms with van der Waals surface area (Å²) in [4.78, 5) is 62.6. The van der Waals surface area contributed by atoms with Crippen LogP contribution in [0, 0.1) is 11.8 Å². The van der Waals surface area contributed by atoms with Gasteiger partial charge in [0.1, 0.15) is 17.3 Å². The van der Waals surface area contributed by atoms with Crippen LogP contribution in [0.15, 0.2) is 0 Å². The minimum atomic E-state index is -0.399. The number of carbonyl (C=O) groups is 5. The first-order valence-electron chi connectivity index (χ1n) is 17.6. The van der Waals surface area contributed by atoms with Crippen LogP contribution in [-0.4, -0.2) is 111 Å². The highest BCUT2D eigenvalue weighted by Gasteiger charge is 2.40. The summed E-state index contributed by atoms with van der Waals surface area (Å²) in [7, 11) is 0. The highest BCUT2D eigenvalue weighted by atomic mass is 32.2. The van der Waals surface area contributed by atoms with Gasteiger partial charge < -0.3 is 25.8 Å². The van der Waals surface area contributed by atoms with E-state index in [0.29, 0.717) is 77.4 Å². The lowest BCUT2D eigenvalue weighted by Crippen LogP contribution is -2.37. The average molecular weight is 669 g/mol. The number of likely N-dealkylation sites (tertiary alicyclic amines) is 1. The predicted molar refractivity (Wildman–Crippen MR) is 182 cm³/mol. The summed E-state index contributed by atoms with van der Waals surface area (Å²) < 4.78 is 11.1. The highest BCUT2D eigenvalue weighted by Crippen LogP contribution is 2.32. The van der Waals surface area contributed by atoms with Crippen LogP contribution in [0.3, 0.4) is 0 Å². The van der Waals surface area contributed by atoms with Crippen molar-refractivity contribution in [2.45, 2.75) is 102 Å². The average Bonchev–Trinajstić information content (AvgIpc) is 3.30. The van der Waals surface area contributed by atoms with Crippen molar-refractivity contribution in [1.82, 2.24) is 15.5 Å². The number of ether oxygens (including phenoxy) is 2. The molecule has 1 saturated heterocycles. The lowest BCUT2D eigenvalue weighted by molar-refractivity contribution is -0.139. The molecule has 1 saturated carbocycles. The number of unbranched alkanes of at least 4 members (excludes halogenated alkanes) is 2. The third-order valence-corrected chi connectivity index (χ3v) is 9.95. The number of hydrogen-bond acceptors (Lipinski definition) is 11.